The predicted octanol–water partition coefficient (Wildman–Crippen LogP) is 0.986. The quantitative estimate of drug-likeness (QED) is 0.526. The highest BCUT2D eigenvalue weighted by Gasteiger charge is 2.11. The molecule has 4 heteroatoms. The van der Waals surface area contributed by atoms with Gasteiger partial charge in [-0.25, -0.2) is 4.79 Å². The molecule has 0 saturated heterocycles. The first kappa shape index (κ1) is 8.52. The Morgan fingerprint density at radius 1 is 1.75 bits per heavy atom. The molecule has 12 heavy (non-hydrogen) atoms. The van der Waals surface area contributed by atoms with Crippen molar-refractivity contribution in [2.45, 2.75) is 6.92 Å². The van der Waals surface area contributed by atoms with E-state index in [1.54, 1.807) is 25.3 Å². The van der Waals surface area contributed by atoms with Crippen molar-refractivity contribution in [3.05, 3.63) is 24.0 Å². The van der Waals surface area contributed by atoms with Crippen molar-refractivity contribution in [2.24, 2.45) is 0 Å². The number of nitrogens with one attached hydrogen (secondary N) is 1. The molecular weight excluding hydrogens is 156 g/mol. The molecule has 1 N–H and O–H groups in total. The Morgan fingerprint density at radius 2 is 2.50 bits per heavy atom. The van der Waals surface area contributed by atoms with E-state index in [4.69, 9.17) is 0 Å². The van der Waals surface area contributed by atoms with Crippen molar-refractivity contribution in [1.29, 1.82) is 0 Å². The van der Waals surface area contributed by atoms with Gasteiger partial charge < -0.3 is 4.74 Å². The molecule has 0 fully saturated rings. The third-order valence-corrected chi connectivity index (χ3v) is 1.48. The lowest BCUT2D eigenvalue weighted by atomic mass is 10.2. The highest BCUT2D eigenvalue weighted by molar-refractivity contribution is 6.15. The molecule has 4 nitrogen and oxygen atoms in total. The van der Waals surface area contributed by atoms with Gasteiger partial charge in [-0.05, 0) is 13.0 Å². The summed E-state index contributed by atoms with van der Waals surface area (Å²) in [6, 6.07) is 1.71. The van der Waals surface area contributed by atoms with Gasteiger partial charge in [0, 0.05) is 6.20 Å². The smallest absolute Gasteiger partial charge is 0.339 e. The summed E-state index contributed by atoms with van der Waals surface area (Å²) in [4.78, 5) is 11.1. The number of hydrogen-bond acceptors (Lipinski definition) is 3. The fourth-order valence-electron chi connectivity index (χ4n) is 0.899. The Hall–Kier alpha value is -1.58. The number of rotatable bonds is 2. The standard InChI is InChI=1S/C8H10N2O2/c1-3-6(8(11)12-2)7-4-5-9-10-7/h3-5H,1-2H3,(H,9,10)/b6-3+. The van der Waals surface area contributed by atoms with Gasteiger partial charge in [-0.3, -0.25) is 5.10 Å². The second-order valence-corrected chi connectivity index (χ2v) is 2.16. The molecule has 0 unspecified atom stereocenters. The summed E-state index contributed by atoms with van der Waals surface area (Å²) < 4.78 is 4.57. The van der Waals surface area contributed by atoms with E-state index in [0.717, 1.165) is 0 Å². The number of carbonyl (C=O) groups is 1. The Balaban J connectivity index is 2.93. The van der Waals surface area contributed by atoms with E-state index in [9.17, 15) is 4.79 Å². The lowest BCUT2D eigenvalue weighted by Gasteiger charge is -2.00. The van der Waals surface area contributed by atoms with E-state index < -0.39 is 0 Å². The summed E-state index contributed by atoms with van der Waals surface area (Å²) in [7, 11) is 1.35. The normalized spacial score (nSPS) is 11.3. The number of aromatic amines is 1. The second kappa shape index (κ2) is 3.71. The Kier molecular flexibility index (Phi) is 2.63. The van der Waals surface area contributed by atoms with E-state index >= 15 is 0 Å². The summed E-state index contributed by atoms with van der Waals surface area (Å²) in [6.45, 7) is 1.77. The predicted molar refractivity (Wildman–Crippen MR) is 44.3 cm³/mol. The van der Waals surface area contributed by atoms with Crippen LogP contribution in [0.4, 0.5) is 0 Å². The van der Waals surface area contributed by atoms with Gasteiger partial charge >= 0.3 is 5.97 Å². The van der Waals surface area contributed by atoms with Crippen molar-refractivity contribution >= 4 is 11.5 Å². The molecular formula is C8H10N2O2. The van der Waals surface area contributed by atoms with Gasteiger partial charge in [0.25, 0.3) is 0 Å². The molecule has 1 aromatic heterocycles. The van der Waals surface area contributed by atoms with Crippen LogP contribution in [0.1, 0.15) is 12.6 Å². The number of hydrogen-bond donors (Lipinski definition) is 1. The van der Waals surface area contributed by atoms with Gasteiger partial charge in [0.15, 0.2) is 0 Å². The van der Waals surface area contributed by atoms with Gasteiger partial charge in [-0.15, -0.1) is 0 Å². The van der Waals surface area contributed by atoms with E-state index in [-0.39, 0.29) is 5.97 Å². The molecule has 0 aromatic carbocycles. The molecule has 1 heterocycles. The van der Waals surface area contributed by atoms with Gasteiger partial charge in [0.1, 0.15) is 0 Å². The zero-order valence-corrected chi connectivity index (χ0v) is 7.00. The van der Waals surface area contributed by atoms with Crippen LogP contribution in [0.25, 0.3) is 5.57 Å². The van der Waals surface area contributed by atoms with Crippen molar-refractivity contribution < 1.29 is 9.53 Å². The summed E-state index contributed by atoms with van der Waals surface area (Å²) in [6.07, 6.45) is 3.26. The fraction of sp³-hybridized carbons (Fsp3) is 0.250. The summed E-state index contributed by atoms with van der Waals surface area (Å²) in [5.41, 5.74) is 1.17. The zero-order chi connectivity index (χ0) is 8.97. The first-order valence-electron chi connectivity index (χ1n) is 3.54. The molecule has 0 radical (unpaired) electrons. The molecule has 64 valence electrons. The number of aromatic nitrogens is 2. The summed E-state index contributed by atoms with van der Waals surface area (Å²) in [5, 5.41) is 6.42. The minimum absolute atomic E-state index is 0.359. The number of allylic oxidation sites excluding steroid dienone is 1. The molecule has 0 atom stereocenters. The van der Waals surface area contributed by atoms with Crippen LogP contribution < -0.4 is 0 Å². The van der Waals surface area contributed by atoms with Crippen molar-refractivity contribution in [3.63, 3.8) is 0 Å². The maximum absolute atomic E-state index is 11.1. The molecule has 0 aliphatic rings. The minimum Gasteiger partial charge on any atom is -0.465 e. The van der Waals surface area contributed by atoms with Crippen LogP contribution in [0, 0.1) is 0 Å². The average molecular weight is 166 g/mol. The minimum atomic E-state index is -0.359. The maximum atomic E-state index is 11.1. The van der Waals surface area contributed by atoms with Crippen LogP contribution in [0.2, 0.25) is 0 Å². The molecule has 0 spiro atoms. The van der Waals surface area contributed by atoms with Gasteiger partial charge in [-0.2, -0.15) is 5.10 Å². The Morgan fingerprint density at radius 3 is 2.92 bits per heavy atom. The first-order valence-corrected chi connectivity index (χ1v) is 3.54. The second-order valence-electron chi connectivity index (χ2n) is 2.16. The van der Waals surface area contributed by atoms with E-state index in [1.165, 1.54) is 7.11 Å². The van der Waals surface area contributed by atoms with Gasteiger partial charge in [0.05, 0.1) is 18.4 Å². The first-order chi connectivity index (χ1) is 5.79. The molecule has 0 saturated carbocycles. The number of methoxy groups -OCH3 is 1. The monoisotopic (exact) mass is 166 g/mol. The third-order valence-electron chi connectivity index (χ3n) is 1.48. The van der Waals surface area contributed by atoms with Crippen LogP contribution in [-0.4, -0.2) is 23.3 Å². The molecule has 1 aromatic rings. The topological polar surface area (TPSA) is 55.0 Å². The summed E-state index contributed by atoms with van der Waals surface area (Å²) in [5.74, 6) is -0.359. The molecule has 0 bridgehead atoms. The maximum Gasteiger partial charge on any atom is 0.339 e. The number of esters is 1. The van der Waals surface area contributed by atoms with Crippen LogP contribution >= 0.6 is 0 Å². The van der Waals surface area contributed by atoms with E-state index in [2.05, 4.69) is 14.9 Å². The number of H-pyrrole nitrogens is 1. The van der Waals surface area contributed by atoms with Gasteiger partial charge in [0.2, 0.25) is 0 Å². The van der Waals surface area contributed by atoms with Crippen LogP contribution in [-0.2, 0) is 9.53 Å². The van der Waals surface area contributed by atoms with Crippen molar-refractivity contribution in [1.82, 2.24) is 10.2 Å². The van der Waals surface area contributed by atoms with E-state index in [0.29, 0.717) is 11.3 Å². The third kappa shape index (κ3) is 1.53. The van der Waals surface area contributed by atoms with Crippen LogP contribution in [0.3, 0.4) is 0 Å². The Labute approximate surface area is 70.2 Å². The highest BCUT2D eigenvalue weighted by Crippen LogP contribution is 2.11. The zero-order valence-electron chi connectivity index (χ0n) is 7.00. The largest absolute Gasteiger partial charge is 0.465 e. The van der Waals surface area contributed by atoms with Crippen molar-refractivity contribution in [3.8, 4) is 0 Å². The van der Waals surface area contributed by atoms with Crippen LogP contribution in [0.15, 0.2) is 18.3 Å². The molecule has 0 aliphatic heterocycles. The highest BCUT2D eigenvalue weighted by atomic mass is 16.5. The van der Waals surface area contributed by atoms with Crippen LogP contribution in [0.5, 0.6) is 0 Å². The molecule has 0 aliphatic carbocycles. The average Bonchev–Trinajstić information content (AvgIpc) is 2.58. The number of carbonyl (C=O) groups excluding carboxylic acids is 1. The fourth-order valence-corrected chi connectivity index (χ4v) is 0.899. The Bertz CT molecular complexity index is 288. The van der Waals surface area contributed by atoms with E-state index in [1.807, 2.05) is 0 Å². The van der Waals surface area contributed by atoms with Gasteiger partial charge in [-0.1, -0.05) is 6.08 Å². The van der Waals surface area contributed by atoms with Crippen molar-refractivity contribution in [2.75, 3.05) is 7.11 Å². The SMILES string of the molecule is C/C=C(/C(=O)OC)c1ccn[nH]1. The number of nitrogens with zero attached hydrogens (tertiary/aromatic N) is 1. The lowest BCUT2D eigenvalue weighted by molar-refractivity contribution is -0.133. The molecule has 1 rings (SSSR count). The molecule has 0 amide bonds. The lowest BCUT2D eigenvalue weighted by Crippen LogP contribution is -2.03. The number of ether oxygens (including phenoxy) is 1. The summed E-state index contributed by atoms with van der Waals surface area (Å²) >= 11 is 0.